The molecule has 0 spiro atoms. The standard InChI is InChI=1S/C26H17ClN4OS3/c27-17-8-1-2-9-18(17)31-25(23-14-7-15-33-23)28-29-26(31)34-16-24(32)30-19-10-3-5-12-21(19)35-22-13-6-4-11-20(22)30/h1-15H,16H2. The Balaban J connectivity index is 1.35. The van der Waals surface area contributed by atoms with Crippen molar-refractivity contribution in [3.05, 3.63) is 95.3 Å². The first-order chi connectivity index (χ1) is 17.2. The predicted molar refractivity (Wildman–Crippen MR) is 145 cm³/mol. The first-order valence-electron chi connectivity index (χ1n) is 10.8. The third kappa shape index (κ3) is 4.16. The monoisotopic (exact) mass is 532 g/mol. The van der Waals surface area contributed by atoms with E-state index in [2.05, 4.69) is 10.2 Å². The molecule has 5 aromatic rings. The highest BCUT2D eigenvalue weighted by Gasteiger charge is 2.28. The van der Waals surface area contributed by atoms with Crippen LogP contribution in [-0.4, -0.2) is 26.4 Å². The van der Waals surface area contributed by atoms with Crippen molar-refractivity contribution in [2.45, 2.75) is 14.9 Å². The van der Waals surface area contributed by atoms with Gasteiger partial charge in [-0.05, 0) is 47.8 Å². The molecule has 0 saturated carbocycles. The molecule has 3 aromatic carbocycles. The average molecular weight is 533 g/mol. The molecule has 1 aliphatic heterocycles. The second kappa shape index (κ2) is 9.54. The normalized spacial score (nSPS) is 12.3. The van der Waals surface area contributed by atoms with Crippen LogP contribution in [0.5, 0.6) is 0 Å². The SMILES string of the molecule is O=C(CSc1nnc(-c2cccs2)n1-c1ccccc1Cl)N1c2ccccc2Sc2ccccc21. The number of rotatable bonds is 5. The van der Waals surface area contributed by atoms with Crippen molar-refractivity contribution in [3.8, 4) is 16.4 Å². The fraction of sp³-hybridized carbons (Fsp3) is 0.0385. The maximum absolute atomic E-state index is 13.7. The number of fused-ring (bicyclic) bond motifs is 2. The van der Waals surface area contributed by atoms with E-state index in [9.17, 15) is 4.79 Å². The molecule has 0 N–H and O–H groups in total. The fourth-order valence-corrected chi connectivity index (χ4v) is 6.71. The van der Waals surface area contributed by atoms with Gasteiger partial charge in [-0.3, -0.25) is 14.3 Å². The van der Waals surface area contributed by atoms with Gasteiger partial charge in [0.25, 0.3) is 0 Å². The largest absolute Gasteiger partial charge is 0.278 e. The number of thioether (sulfide) groups is 1. The van der Waals surface area contributed by atoms with Crippen molar-refractivity contribution in [3.63, 3.8) is 0 Å². The molecule has 0 fully saturated rings. The number of carbonyl (C=O) groups is 1. The molecular formula is C26H17ClN4OS3. The Kier molecular flexibility index (Phi) is 6.12. The van der Waals surface area contributed by atoms with E-state index >= 15 is 0 Å². The Morgan fingerprint density at radius 3 is 2.14 bits per heavy atom. The third-order valence-corrected chi connectivity index (χ3v) is 8.70. The lowest BCUT2D eigenvalue weighted by Crippen LogP contribution is -2.30. The van der Waals surface area contributed by atoms with E-state index in [-0.39, 0.29) is 11.7 Å². The van der Waals surface area contributed by atoms with E-state index in [1.54, 1.807) is 23.1 Å². The highest BCUT2D eigenvalue weighted by Crippen LogP contribution is 2.48. The van der Waals surface area contributed by atoms with Crippen LogP contribution in [0.2, 0.25) is 5.02 Å². The summed E-state index contributed by atoms with van der Waals surface area (Å²) in [4.78, 5) is 18.6. The second-order valence-electron chi connectivity index (χ2n) is 7.63. The van der Waals surface area contributed by atoms with Gasteiger partial charge in [0.2, 0.25) is 5.91 Å². The van der Waals surface area contributed by atoms with Gasteiger partial charge in [-0.1, -0.05) is 77.6 Å². The number of benzene rings is 3. The van der Waals surface area contributed by atoms with Crippen molar-refractivity contribution < 1.29 is 4.79 Å². The zero-order valence-corrected chi connectivity index (χ0v) is 21.4. The Hall–Kier alpha value is -3.04. The first-order valence-corrected chi connectivity index (χ1v) is 13.8. The minimum Gasteiger partial charge on any atom is -0.278 e. The molecular weight excluding hydrogens is 516 g/mol. The van der Waals surface area contributed by atoms with Gasteiger partial charge in [-0.25, -0.2) is 0 Å². The number of hydrogen-bond donors (Lipinski definition) is 0. The number of hydrogen-bond acceptors (Lipinski definition) is 6. The molecule has 0 unspecified atom stereocenters. The number of aromatic nitrogens is 3. The van der Waals surface area contributed by atoms with Crippen LogP contribution in [0.25, 0.3) is 16.4 Å². The van der Waals surface area contributed by atoms with Crippen LogP contribution < -0.4 is 4.90 Å². The van der Waals surface area contributed by atoms with Crippen molar-refractivity contribution in [2.24, 2.45) is 0 Å². The van der Waals surface area contributed by atoms with E-state index in [1.165, 1.54) is 11.8 Å². The van der Waals surface area contributed by atoms with Crippen molar-refractivity contribution in [1.82, 2.24) is 14.8 Å². The summed E-state index contributed by atoms with van der Waals surface area (Å²) in [7, 11) is 0. The van der Waals surface area contributed by atoms with Crippen molar-refractivity contribution >= 4 is 63.7 Å². The molecule has 6 rings (SSSR count). The smallest absolute Gasteiger partial charge is 0.242 e. The summed E-state index contributed by atoms with van der Waals surface area (Å²) in [6.07, 6.45) is 0. The predicted octanol–water partition coefficient (Wildman–Crippen LogP) is 7.57. The van der Waals surface area contributed by atoms with Crippen LogP contribution in [0.4, 0.5) is 11.4 Å². The summed E-state index contributed by atoms with van der Waals surface area (Å²) in [5.74, 6) is 0.870. The van der Waals surface area contributed by atoms with Crippen LogP contribution in [0, 0.1) is 0 Å². The van der Waals surface area contributed by atoms with Gasteiger partial charge < -0.3 is 0 Å². The molecule has 5 nitrogen and oxygen atoms in total. The number of amides is 1. The Morgan fingerprint density at radius 1 is 0.829 bits per heavy atom. The van der Waals surface area contributed by atoms with Gasteiger partial charge in [0.1, 0.15) is 0 Å². The third-order valence-electron chi connectivity index (χ3n) is 5.47. The molecule has 0 aliphatic carbocycles. The number of thiophene rings is 1. The maximum atomic E-state index is 13.7. The van der Waals surface area contributed by atoms with Gasteiger partial charge in [-0.2, -0.15) is 0 Å². The van der Waals surface area contributed by atoms with Crippen LogP contribution in [0.1, 0.15) is 0 Å². The molecule has 3 heterocycles. The average Bonchev–Trinajstić information content (AvgIpc) is 3.56. The van der Waals surface area contributed by atoms with Gasteiger partial charge in [-0.15, -0.1) is 21.5 Å². The minimum absolute atomic E-state index is 0.0263. The lowest BCUT2D eigenvalue weighted by Gasteiger charge is -2.30. The quantitative estimate of drug-likeness (QED) is 0.218. The zero-order chi connectivity index (χ0) is 23.8. The van der Waals surface area contributed by atoms with Crippen LogP contribution in [0.3, 0.4) is 0 Å². The molecule has 9 heteroatoms. The number of carbonyl (C=O) groups excluding carboxylic acids is 1. The molecule has 1 amide bonds. The highest BCUT2D eigenvalue weighted by atomic mass is 35.5. The van der Waals surface area contributed by atoms with E-state index in [1.807, 2.05) is 99.8 Å². The van der Waals surface area contributed by atoms with Gasteiger partial charge >= 0.3 is 0 Å². The topological polar surface area (TPSA) is 51.0 Å². The summed E-state index contributed by atoms with van der Waals surface area (Å²) in [6.45, 7) is 0. The van der Waals surface area contributed by atoms with Crippen LogP contribution >= 0.6 is 46.5 Å². The summed E-state index contributed by atoms with van der Waals surface area (Å²) < 4.78 is 1.93. The summed E-state index contributed by atoms with van der Waals surface area (Å²) in [6, 6.07) is 27.6. The molecule has 0 atom stereocenters. The Morgan fingerprint density at radius 2 is 1.49 bits per heavy atom. The van der Waals surface area contributed by atoms with Crippen molar-refractivity contribution in [1.29, 1.82) is 0 Å². The molecule has 35 heavy (non-hydrogen) atoms. The van der Waals surface area contributed by atoms with Crippen LogP contribution in [0.15, 0.2) is 105 Å². The Labute approximate surface area is 219 Å². The van der Waals surface area contributed by atoms with Gasteiger partial charge in [0.15, 0.2) is 11.0 Å². The molecule has 1 aliphatic rings. The van der Waals surface area contributed by atoms with E-state index in [0.29, 0.717) is 16.0 Å². The van der Waals surface area contributed by atoms with Gasteiger partial charge in [0.05, 0.1) is 32.7 Å². The zero-order valence-electron chi connectivity index (χ0n) is 18.2. The molecule has 2 aromatic heterocycles. The van der Waals surface area contributed by atoms with Crippen molar-refractivity contribution in [2.75, 3.05) is 10.7 Å². The van der Waals surface area contributed by atoms with Crippen LogP contribution in [-0.2, 0) is 4.79 Å². The summed E-state index contributed by atoms with van der Waals surface area (Å²) >= 11 is 11.2. The summed E-state index contributed by atoms with van der Waals surface area (Å²) in [5, 5.41) is 12.1. The van der Waals surface area contributed by atoms with E-state index < -0.39 is 0 Å². The second-order valence-corrected chi connectivity index (χ2v) is 11.0. The number of nitrogens with zero attached hydrogens (tertiary/aromatic N) is 4. The fourth-order valence-electron chi connectivity index (χ4n) is 3.94. The van der Waals surface area contributed by atoms with E-state index in [0.717, 1.165) is 31.7 Å². The summed E-state index contributed by atoms with van der Waals surface area (Å²) in [5.41, 5.74) is 2.57. The minimum atomic E-state index is -0.0263. The molecule has 0 bridgehead atoms. The van der Waals surface area contributed by atoms with E-state index in [4.69, 9.17) is 11.6 Å². The number of para-hydroxylation sites is 3. The Bertz CT molecular complexity index is 1490. The number of halogens is 1. The maximum Gasteiger partial charge on any atom is 0.242 e. The lowest BCUT2D eigenvalue weighted by molar-refractivity contribution is -0.115. The highest BCUT2D eigenvalue weighted by molar-refractivity contribution is 8.00. The number of anilines is 2. The first kappa shape index (κ1) is 22.4. The molecule has 172 valence electrons. The lowest BCUT2D eigenvalue weighted by atomic mass is 10.2. The molecule has 0 radical (unpaired) electrons. The molecule has 0 saturated heterocycles. The van der Waals surface area contributed by atoms with Gasteiger partial charge in [0, 0.05) is 9.79 Å².